The highest BCUT2D eigenvalue weighted by molar-refractivity contribution is 7.99. The van der Waals surface area contributed by atoms with Crippen LogP contribution < -0.4 is 4.74 Å². The molecule has 0 saturated carbocycles. The van der Waals surface area contributed by atoms with E-state index < -0.39 is 0 Å². The van der Waals surface area contributed by atoms with E-state index >= 15 is 0 Å². The molecule has 8 heteroatoms. The number of aromatic amines is 1. The number of hydrogen-bond donors (Lipinski definition) is 1. The number of nitrogens with zero attached hydrogens (tertiary/aromatic N) is 2. The first-order chi connectivity index (χ1) is 12.6. The number of esters is 1. The Hall–Kier alpha value is -2.22. The zero-order valence-corrected chi connectivity index (χ0v) is 15.8. The number of likely N-dealkylation sites (tertiary alicyclic amines) is 1. The van der Waals surface area contributed by atoms with Crippen LogP contribution in [-0.4, -0.2) is 59.3 Å². The summed E-state index contributed by atoms with van der Waals surface area (Å²) in [5.74, 6) is 0.909. The average Bonchev–Trinajstić information content (AvgIpc) is 3.08. The monoisotopic (exact) mass is 377 g/mol. The molecule has 140 valence electrons. The molecule has 0 bridgehead atoms. The topological polar surface area (TPSA) is 84.5 Å². The maximum Gasteiger partial charge on any atom is 0.308 e. The Morgan fingerprint density at radius 3 is 2.81 bits per heavy atom. The number of hydrogen-bond acceptors (Lipinski definition) is 6. The van der Waals surface area contributed by atoms with Gasteiger partial charge in [0.2, 0.25) is 5.91 Å². The number of imidazole rings is 1. The molecule has 0 atom stereocenters. The summed E-state index contributed by atoms with van der Waals surface area (Å²) in [5, 5.41) is 0.714. The van der Waals surface area contributed by atoms with Gasteiger partial charge in [-0.1, -0.05) is 11.8 Å². The summed E-state index contributed by atoms with van der Waals surface area (Å²) in [6.45, 7) is 3.74. The van der Waals surface area contributed by atoms with E-state index in [-0.39, 0.29) is 17.8 Å². The molecule has 3 rings (SSSR count). The molecule has 0 unspecified atom stereocenters. The number of methoxy groups -OCH3 is 1. The fourth-order valence-electron chi connectivity index (χ4n) is 3.04. The minimum Gasteiger partial charge on any atom is -0.494 e. The number of nitrogens with one attached hydrogen (secondary N) is 1. The molecule has 1 amide bonds. The molecule has 0 radical (unpaired) electrons. The van der Waals surface area contributed by atoms with Gasteiger partial charge in [-0.15, -0.1) is 0 Å². The SMILES string of the molecule is CCOc1ccc2nc(SCC(=O)N3CCC(C(=O)OC)CC3)[nH]c2c1. The van der Waals surface area contributed by atoms with Crippen LogP contribution >= 0.6 is 11.8 Å². The van der Waals surface area contributed by atoms with E-state index in [0.717, 1.165) is 16.8 Å². The number of thioether (sulfide) groups is 1. The Balaban J connectivity index is 1.53. The first-order valence-corrected chi connectivity index (χ1v) is 9.70. The van der Waals surface area contributed by atoms with E-state index in [1.807, 2.05) is 30.0 Å². The Kier molecular flexibility index (Phi) is 6.03. The number of piperidine rings is 1. The van der Waals surface area contributed by atoms with Gasteiger partial charge < -0.3 is 19.4 Å². The van der Waals surface area contributed by atoms with Crippen LogP contribution in [-0.2, 0) is 14.3 Å². The quantitative estimate of drug-likeness (QED) is 0.615. The third-order valence-electron chi connectivity index (χ3n) is 4.46. The van der Waals surface area contributed by atoms with Gasteiger partial charge in [0.1, 0.15) is 5.75 Å². The fraction of sp³-hybridized carbons (Fsp3) is 0.500. The number of aromatic nitrogens is 2. The lowest BCUT2D eigenvalue weighted by Gasteiger charge is -2.30. The Morgan fingerprint density at radius 1 is 1.35 bits per heavy atom. The molecule has 2 heterocycles. The zero-order valence-electron chi connectivity index (χ0n) is 15.0. The minimum atomic E-state index is -0.180. The first-order valence-electron chi connectivity index (χ1n) is 8.71. The summed E-state index contributed by atoms with van der Waals surface area (Å²) < 4.78 is 10.3. The molecule has 0 aliphatic carbocycles. The van der Waals surface area contributed by atoms with Crippen molar-refractivity contribution in [1.29, 1.82) is 0 Å². The van der Waals surface area contributed by atoms with Gasteiger partial charge >= 0.3 is 5.97 Å². The number of carbonyl (C=O) groups is 2. The number of benzene rings is 1. The highest BCUT2D eigenvalue weighted by Crippen LogP contribution is 2.24. The molecule has 26 heavy (non-hydrogen) atoms. The fourth-order valence-corrected chi connectivity index (χ4v) is 3.83. The van der Waals surface area contributed by atoms with Gasteiger partial charge in [0.25, 0.3) is 0 Å². The summed E-state index contributed by atoms with van der Waals surface area (Å²) >= 11 is 1.39. The Bertz CT molecular complexity index is 784. The molecule has 1 N–H and O–H groups in total. The summed E-state index contributed by atoms with van der Waals surface area (Å²) in [7, 11) is 1.40. The predicted octanol–water partition coefficient (Wildman–Crippen LogP) is 2.47. The van der Waals surface area contributed by atoms with Crippen molar-refractivity contribution in [3.63, 3.8) is 0 Å². The molecule has 2 aromatic rings. The lowest BCUT2D eigenvalue weighted by Crippen LogP contribution is -2.41. The van der Waals surface area contributed by atoms with Crippen LogP contribution in [0.4, 0.5) is 0 Å². The van der Waals surface area contributed by atoms with Crippen molar-refractivity contribution in [3.8, 4) is 5.75 Å². The summed E-state index contributed by atoms with van der Waals surface area (Å²) in [6, 6.07) is 5.70. The van der Waals surface area contributed by atoms with Gasteiger partial charge in [-0.3, -0.25) is 9.59 Å². The van der Waals surface area contributed by atoms with Gasteiger partial charge in [-0.2, -0.15) is 0 Å². The van der Waals surface area contributed by atoms with Gasteiger partial charge in [0.05, 0.1) is 36.4 Å². The normalized spacial score (nSPS) is 15.2. The van der Waals surface area contributed by atoms with E-state index in [0.29, 0.717) is 43.4 Å². The molecule has 1 aliphatic heterocycles. The van der Waals surface area contributed by atoms with Crippen molar-refractivity contribution in [2.24, 2.45) is 5.92 Å². The number of rotatable bonds is 6. The van der Waals surface area contributed by atoms with E-state index in [2.05, 4.69) is 9.97 Å². The van der Waals surface area contributed by atoms with E-state index in [1.165, 1.54) is 18.9 Å². The second-order valence-corrected chi connectivity index (χ2v) is 7.08. The summed E-state index contributed by atoms with van der Waals surface area (Å²) in [4.78, 5) is 33.5. The molecular weight excluding hydrogens is 354 g/mol. The smallest absolute Gasteiger partial charge is 0.308 e. The number of carbonyl (C=O) groups excluding carboxylic acids is 2. The maximum atomic E-state index is 12.4. The number of H-pyrrole nitrogens is 1. The first kappa shape index (κ1) is 18.6. The zero-order chi connectivity index (χ0) is 18.5. The van der Waals surface area contributed by atoms with Crippen LogP contribution in [0.2, 0.25) is 0 Å². The van der Waals surface area contributed by atoms with Crippen molar-refractivity contribution in [3.05, 3.63) is 18.2 Å². The Labute approximate surface area is 156 Å². The second-order valence-electron chi connectivity index (χ2n) is 6.12. The molecule has 1 aromatic heterocycles. The molecule has 1 saturated heterocycles. The number of fused-ring (bicyclic) bond motifs is 1. The van der Waals surface area contributed by atoms with Crippen LogP contribution in [0.3, 0.4) is 0 Å². The van der Waals surface area contributed by atoms with Crippen LogP contribution in [0, 0.1) is 5.92 Å². The van der Waals surface area contributed by atoms with E-state index in [1.54, 1.807) is 0 Å². The van der Waals surface area contributed by atoms with Crippen molar-refractivity contribution in [2.45, 2.75) is 24.9 Å². The molecule has 7 nitrogen and oxygen atoms in total. The number of amides is 1. The van der Waals surface area contributed by atoms with Crippen molar-refractivity contribution in [2.75, 3.05) is 32.6 Å². The highest BCUT2D eigenvalue weighted by Gasteiger charge is 2.27. The standard InChI is InChI=1S/C18H23N3O4S/c1-3-25-13-4-5-14-15(10-13)20-18(19-14)26-11-16(22)21-8-6-12(7-9-21)17(23)24-2/h4-5,10,12H,3,6-9,11H2,1-2H3,(H,19,20). The van der Waals surface area contributed by atoms with Crippen molar-refractivity contribution in [1.82, 2.24) is 14.9 Å². The highest BCUT2D eigenvalue weighted by atomic mass is 32.2. The van der Waals surface area contributed by atoms with Gasteiger partial charge in [-0.05, 0) is 31.9 Å². The van der Waals surface area contributed by atoms with Crippen LogP contribution in [0.25, 0.3) is 11.0 Å². The molecular formula is C18H23N3O4S. The maximum absolute atomic E-state index is 12.4. The second kappa shape index (κ2) is 8.44. The lowest BCUT2D eigenvalue weighted by molar-refractivity contribution is -0.148. The minimum absolute atomic E-state index is 0.0637. The van der Waals surface area contributed by atoms with E-state index in [9.17, 15) is 9.59 Å². The van der Waals surface area contributed by atoms with E-state index in [4.69, 9.17) is 9.47 Å². The van der Waals surface area contributed by atoms with Gasteiger partial charge in [0.15, 0.2) is 5.16 Å². The third kappa shape index (κ3) is 4.30. The van der Waals surface area contributed by atoms with Crippen LogP contribution in [0.5, 0.6) is 5.75 Å². The number of ether oxygens (including phenoxy) is 2. The summed E-state index contributed by atoms with van der Waals surface area (Å²) in [5.41, 5.74) is 1.74. The molecule has 0 spiro atoms. The third-order valence-corrected chi connectivity index (χ3v) is 5.32. The predicted molar refractivity (Wildman–Crippen MR) is 99.3 cm³/mol. The van der Waals surface area contributed by atoms with Crippen molar-refractivity contribution < 1.29 is 19.1 Å². The largest absolute Gasteiger partial charge is 0.494 e. The Morgan fingerprint density at radius 2 is 2.12 bits per heavy atom. The van der Waals surface area contributed by atoms with Crippen molar-refractivity contribution >= 4 is 34.7 Å². The lowest BCUT2D eigenvalue weighted by atomic mass is 9.97. The summed E-state index contributed by atoms with van der Waals surface area (Å²) in [6.07, 6.45) is 1.32. The average molecular weight is 377 g/mol. The molecule has 1 aliphatic rings. The molecule has 1 aromatic carbocycles. The van der Waals surface area contributed by atoms with Gasteiger partial charge in [0, 0.05) is 19.2 Å². The van der Waals surface area contributed by atoms with Gasteiger partial charge in [-0.25, -0.2) is 4.98 Å². The van der Waals surface area contributed by atoms with Crippen LogP contribution in [0.15, 0.2) is 23.4 Å². The van der Waals surface area contributed by atoms with Crippen LogP contribution in [0.1, 0.15) is 19.8 Å². The molecule has 1 fully saturated rings.